The molecule has 10 nitrogen and oxygen atoms in total. The van der Waals surface area contributed by atoms with Crippen LogP contribution in [0.25, 0.3) is 0 Å². The van der Waals surface area contributed by atoms with E-state index in [0.717, 1.165) is 17.0 Å². The number of nitro benzene ring substituents is 2. The van der Waals surface area contributed by atoms with Gasteiger partial charge in [-0.15, -0.1) is 0 Å². The van der Waals surface area contributed by atoms with Crippen LogP contribution in [0.1, 0.15) is 23.1 Å². The maximum absolute atomic E-state index is 13.5. The predicted octanol–water partition coefficient (Wildman–Crippen LogP) is 6.10. The quantitative estimate of drug-likeness (QED) is 0.150. The number of halogens is 6. The van der Waals surface area contributed by atoms with E-state index in [0.29, 0.717) is 29.8 Å². The fraction of sp³-hybridized carbons (Fsp3) is 0.167. The van der Waals surface area contributed by atoms with Crippen molar-refractivity contribution in [1.82, 2.24) is 0 Å². The lowest BCUT2D eigenvalue weighted by Gasteiger charge is -2.24. The van der Waals surface area contributed by atoms with Gasteiger partial charge in [-0.05, 0) is 29.8 Å². The molecule has 210 valence electrons. The first-order valence-corrected chi connectivity index (χ1v) is 10.9. The van der Waals surface area contributed by atoms with Crippen LogP contribution in [0.2, 0.25) is 0 Å². The van der Waals surface area contributed by atoms with Crippen LogP contribution in [0.3, 0.4) is 0 Å². The molecule has 0 fully saturated rings. The summed E-state index contributed by atoms with van der Waals surface area (Å²) < 4.78 is 80.3. The average molecular weight is 570 g/mol. The van der Waals surface area contributed by atoms with E-state index >= 15 is 0 Å². The van der Waals surface area contributed by atoms with E-state index in [1.54, 1.807) is 18.2 Å². The van der Waals surface area contributed by atoms with E-state index in [1.165, 1.54) is 12.1 Å². The van der Waals surface area contributed by atoms with Crippen LogP contribution in [-0.4, -0.2) is 21.7 Å². The molecule has 0 aromatic heterocycles. The van der Waals surface area contributed by atoms with Crippen LogP contribution >= 0.6 is 0 Å². The largest absolute Gasteiger partial charge is 0.423 e. The van der Waals surface area contributed by atoms with Crippen LogP contribution in [-0.2, 0) is 28.5 Å². The average Bonchev–Trinajstić information content (AvgIpc) is 2.86. The molecule has 3 aromatic carbocycles. The Morgan fingerprint density at radius 3 is 1.82 bits per heavy atom. The van der Waals surface area contributed by atoms with Crippen LogP contribution < -0.4 is 10.2 Å². The minimum atomic E-state index is -5.16. The van der Waals surface area contributed by atoms with E-state index in [1.807, 2.05) is 5.32 Å². The van der Waals surface area contributed by atoms with Gasteiger partial charge in [0.15, 0.2) is 0 Å². The fourth-order valence-electron chi connectivity index (χ4n) is 3.61. The van der Waals surface area contributed by atoms with Gasteiger partial charge in [-0.1, -0.05) is 30.3 Å². The molecule has 3 rings (SSSR count). The zero-order valence-corrected chi connectivity index (χ0v) is 19.8. The fourth-order valence-corrected chi connectivity index (χ4v) is 3.61. The zero-order chi connectivity index (χ0) is 29.8. The summed E-state index contributed by atoms with van der Waals surface area (Å²) in [6.45, 7) is -0.363. The molecule has 0 saturated heterocycles. The van der Waals surface area contributed by atoms with E-state index in [2.05, 4.69) is 0 Å². The van der Waals surface area contributed by atoms with Crippen molar-refractivity contribution in [2.24, 2.45) is 0 Å². The molecule has 0 bridgehead atoms. The molecule has 0 saturated carbocycles. The standard InChI is InChI=1S/C24H16F6N4O6/c25-23(26,27)17-10-15(6-8-19(17)33(37)38)31-21(35)12-22(36)32(13-14-4-2-1-3-5-14)16-7-9-20(34(39)40)18(11-16)24(28,29)30/h1-11H,12-13H2,(H,31,35). The van der Waals surface area contributed by atoms with Crippen molar-refractivity contribution in [3.8, 4) is 0 Å². The molecule has 40 heavy (non-hydrogen) atoms. The van der Waals surface area contributed by atoms with Crippen LogP contribution in [0, 0.1) is 20.2 Å². The molecular weight excluding hydrogens is 554 g/mol. The van der Waals surface area contributed by atoms with Gasteiger partial charge < -0.3 is 10.2 Å². The van der Waals surface area contributed by atoms with Gasteiger partial charge >= 0.3 is 12.4 Å². The van der Waals surface area contributed by atoms with Crippen molar-refractivity contribution < 1.29 is 45.8 Å². The van der Waals surface area contributed by atoms with Gasteiger partial charge in [-0.2, -0.15) is 26.3 Å². The molecule has 1 N–H and O–H groups in total. The monoisotopic (exact) mass is 570 g/mol. The first kappa shape index (κ1) is 29.5. The lowest BCUT2D eigenvalue weighted by atomic mass is 10.1. The summed E-state index contributed by atoms with van der Waals surface area (Å²) in [5.41, 5.74) is -6.38. The Labute approximate surface area is 220 Å². The highest BCUT2D eigenvalue weighted by Crippen LogP contribution is 2.39. The molecule has 0 aliphatic rings. The van der Waals surface area contributed by atoms with Gasteiger partial charge in [0.05, 0.1) is 16.4 Å². The van der Waals surface area contributed by atoms with E-state index < -0.39 is 74.3 Å². The van der Waals surface area contributed by atoms with Gasteiger partial charge in [0, 0.05) is 23.5 Å². The molecule has 0 spiro atoms. The number of nitro groups is 2. The highest BCUT2D eigenvalue weighted by molar-refractivity contribution is 6.09. The van der Waals surface area contributed by atoms with Crippen molar-refractivity contribution in [3.05, 3.63) is 104 Å². The first-order chi connectivity index (χ1) is 18.6. The van der Waals surface area contributed by atoms with Gasteiger partial charge in [0.2, 0.25) is 11.8 Å². The SMILES string of the molecule is O=C(CC(=O)N(Cc1ccccc1)c1ccc([N+](=O)[O-])c(C(F)(F)F)c1)Nc1ccc([N+](=O)[O-])c(C(F)(F)F)c1. The maximum Gasteiger partial charge on any atom is 0.423 e. The minimum absolute atomic E-state index is 0.300. The second kappa shape index (κ2) is 11.4. The summed E-state index contributed by atoms with van der Waals surface area (Å²) in [6, 6.07) is 11.2. The normalized spacial score (nSPS) is 11.6. The molecule has 3 aromatic rings. The van der Waals surface area contributed by atoms with E-state index in [-0.39, 0.29) is 6.54 Å². The Bertz CT molecular complexity index is 1460. The number of hydrogen-bond donors (Lipinski definition) is 1. The van der Waals surface area contributed by atoms with Crippen molar-refractivity contribution >= 4 is 34.6 Å². The number of hydrogen-bond acceptors (Lipinski definition) is 6. The molecule has 16 heteroatoms. The summed E-state index contributed by atoms with van der Waals surface area (Å²) in [5.74, 6) is -2.27. The molecule has 0 atom stereocenters. The van der Waals surface area contributed by atoms with Crippen molar-refractivity contribution in [3.63, 3.8) is 0 Å². The number of rotatable bonds is 8. The predicted molar refractivity (Wildman–Crippen MR) is 127 cm³/mol. The molecular formula is C24H16F6N4O6. The van der Waals surface area contributed by atoms with Crippen LogP contribution in [0.5, 0.6) is 0 Å². The van der Waals surface area contributed by atoms with Crippen molar-refractivity contribution in [2.45, 2.75) is 25.3 Å². The minimum Gasteiger partial charge on any atom is -0.326 e. The Hall–Kier alpha value is -5.02. The van der Waals surface area contributed by atoms with Gasteiger partial charge in [-0.25, -0.2) is 0 Å². The Kier molecular flexibility index (Phi) is 8.41. The second-order valence-electron chi connectivity index (χ2n) is 8.13. The molecule has 2 amide bonds. The molecule has 0 radical (unpaired) electrons. The van der Waals surface area contributed by atoms with E-state index in [4.69, 9.17) is 0 Å². The number of benzene rings is 3. The number of anilines is 2. The van der Waals surface area contributed by atoms with E-state index in [9.17, 15) is 56.2 Å². The third-order valence-electron chi connectivity index (χ3n) is 5.37. The Morgan fingerprint density at radius 2 is 1.30 bits per heavy atom. The summed E-state index contributed by atoms with van der Waals surface area (Å²) in [5, 5.41) is 24.0. The summed E-state index contributed by atoms with van der Waals surface area (Å²) in [6.07, 6.45) is -11.4. The maximum atomic E-state index is 13.5. The lowest BCUT2D eigenvalue weighted by molar-refractivity contribution is -0.388. The summed E-state index contributed by atoms with van der Waals surface area (Å²) in [7, 11) is 0. The number of alkyl halides is 6. The number of carbonyl (C=O) groups is 2. The second-order valence-corrected chi connectivity index (χ2v) is 8.13. The number of amides is 2. The van der Waals surface area contributed by atoms with Gasteiger partial charge in [0.25, 0.3) is 11.4 Å². The third-order valence-corrected chi connectivity index (χ3v) is 5.37. The lowest BCUT2D eigenvalue weighted by Crippen LogP contribution is -2.33. The summed E-state index contributed by atoms with van der Waals surface area (Å²) >= 11 is 0. The first-order valence-electron chi connectivity index (χ1n) is 10.9. The molecule has 0 unspecified atom stereocenters. The van der Waals surface area contributed by atoms with Gasteiger partial charge in [0.1, 0.15) is 17.5 Å². The van der Waals surface area contributed by atoms with Crippen LogP contribution in [0.15, 0.2) is 66.7 Å². The highest BCUT2D eigenvalue weighted by Gasteiger charge is 2.40. The van der Waals surface area contributed by atoms with Gasteiger partial charge in [-0.3, -0.25) is 29.8 Å². The smallest absolute Gasteiger partial charge is 0.326 e. The molecule has 0 aliphatic carbocycles. The third kappa shape index (κ3) is 7.09. The molecule has 0 aliphatic heterocycles. The Morgan fingerprint density at radius 1 is 0.775 bits per heavy atom. The highest BCUT2D eigenvalue weighted by atomic mass is 19.4. The topological polar surface area (TPSA) is 136 Å². The molecule has 0 heterocycles. The Balaban J connectivity index is 1.93. The van der Waals surface area contributed by atoms with Crippen molar-refractivity contribution in [1.29, 1.82) is 0 Å². The van der Waals surface area contributed by atoms with Crippen molar-refractivity contribution in [2.75, 3.05) is 10.2 Å². The zero-order valence-electron chi connectivity index (χ0n) is 19.8. The van der Waals surface area contributed by atoms with Crippen LogP contribution in [0.4, 0.5) is 49.1 Å². The number of carbonyl (C=O) groups excluding carboxylic acids is 2. The summed E-state index contributed by atoms with van der Waals surface area (Å²) in [4.78, 5) is 45.9. The number of nitrogens with zero attached hydrogens (tertiary/aromatic N) is 3. The number of nitrogens with one attached hydrogen (secondary N) is 1.